The first-order valence-electron chi connectivity index (χ1n) is 16.8. The molecule has 0 aliphatic heterocycles. The topological polar surface area (TPSA) is 0 Å². The van der Waals surface area contributed by atoms with Crippen molar-refractivity contribution in [2.24, 2.45) is 0 Å². The summed E-state index contributed by atoms with van der Waals surface area (Å²) >= 11 is 0. The first-order valence-corrected chi connectivity index (χ1v) is 16.8. The van der Waals surface area contributed by atoms with Crippen molar-refractivity contribution in [2.75, 3.05) is 0 Å². The summed E-state index contributed by atoms with van der Waals surface area (Å²) < 4.78 is 0. The van der Waals surface area contributed by atoms with Gasteiger partial charge in [0.15, 0.2) is 0 Å². The molecule has 0 nitrogen and oxygen atoms in total. The first-order chi connectivity index (χ1) is 22.4. The van der Waals surface area contributed by atoms with Crippen LogP contribution in [0.25, 0.3) is 54.9 Å². The van der Waals surface area contributed by atoms with Crippen LogP contribution in [0.15, 0.2) is 139 Å². The van der Waals surface area contributed by atoms with Gasteiger partial charge in [-0.05, 0) is 139 Å². The van der Waals surface area contributed by atoms with Gasteiger partial charge >= 0.3 is 0 Å². The third-order valence-corrected chi connectivity index (χ3v) is 10.6. The molecule has 0 aromatic heterocycles. The molecule has 8 rings (SSSR count). The van der Waals surface area contributed by atoms with E-state index in [1.807, 2.05) is 0 Å². The summed E-state index contributed by atoms with van der Waals surface area (Å²) in [5, 5.41) is 5.54. The van der Waals surface area contributed by atoms with E-state index in [1.165, 1.54) is 82.8 Å². The highest BCUT2D eigenvalue weighted by atomic mass is 14.4. The molecule has 1 atom stereocenters. The highest BCUT2D eigenvalue weighted by molar-refractivity contribution is 6.15. The van der Waals surface area contributed by atoms with Crippen LogP contribution in [0.2, 0.25) is 0 Å². The predicted molar refractivity (Wildman–Crippen MR) is 199 cm³/mol. The van der Waals surface area contributed by atoms with Crippen LogP contribution in [-0.2, 0) is 5.41 Å². The Morgan fingerprint density at radius 1 is 0.630 bits per heavy atom. The monoisotopic (exact) mass is 592 g/mol. The molecule has 0 amide bonds. The predicted octanol–water partition coefficient (Wildman–Crippen LogP) is 12.8. The minimum atomic E-state index is 0.0528. The van der Waals surface area contributed by atoms with E-state index in [1.54, 1.807) is 5.56 Å². The highest BCUT2D eigenvalue weighted by Crippen LogP contribution is 2.53. The maximum Gasteiger partial charge on any atom is -0.00250 e. The lowest BCUT2D eigenvalue weighted by molar-refractivity contribution is 0.452. The van der Waals surface area contributed by atoms with Crippen molar-refractivity contribution in [2.45, 2.75) is 52.4 Å². The molecule has 2 aliphatic rings. The summed E-state index contributed by atoms with van der Waals surface area (Å²) in [5.74, 6) is 0. The van der Waals surface area contributed by atoms with Gasteiger partial charge in [0.05, 0.1) is 0 Å². The number of benzene rings is 6. The Balaban J connectivity index is 1.30. The Kier molecular flexibility index (Phi) is 6.91. The molecule has 2 aliphatic carbocycles. The number of hydrogen-bond donors (Lipinski definition) is 0. The van der Waals surface area contributed by atoms with Crippen LogP contribution in [0.4, 0.5) is 0 Å². The lowest BCUT2D eigenvalue weighted by Crippen LogP contribution is -2.27. The van der Waals surface area contributed by atoms with Crippen LogP contribution in [0.5, 0.6) is 0 Å². The molecule has 1 unspecified atom stereocenters. The van der Waals surface area contributed by atoms with Gasteiger partial charge in [-0.25, -0.2) is 0 Å². The Morgan fingerprint density at radius 2 is 1.30 bits per heavy atom. The van der Waals surface area contributed by atoms with E-state index in [0.29, 0.717) is 0 Å². The van der Waals surface area contributed by atoms with Crippen LogP contribution >= 0.6 is 0 Å². The van der Waals surface area contributed by atoms with Gasteiger partial charge < -0.3 is 0 Å². The van der Waals surface area contributed by atoms with Gasteiger partial charge in [0.25, 0.3) is 0 Å². The largest absolute Gasteiger partial charge is 0.0795 e. The Labute approximate surface area is 273 Å². The van der Waals surface area contributed by atoms with Crippen molar-refractivity contribution in [3.8, 4) is 22.3 Å². The SMILES string of the molecule is CCC1(C)CC2=C(CC=CC(c3cc(C)cc(-c4ccc(C)c(-c5ccccc5)c4)c3)=C2)c2c1c1ccccc1c1ccccc21. The molecule has 46 heavy (non-hydrogen) atoms. The fraction of sp³-hybridized carbons (Fsp3) is 0.174. The molecule has 6 aromatic rings. The van der Waals surface area contributed by atoms with Crippen LogP contribution in [0.1, 0.15) is 60.9 Å². The molecule has 0 saturated carbocycles. The maximum atomic E-state index is 2.52. The van der Waals surface area contributed by atoms with E-state index >= 15 is 0 Å². The van der Waals surface area contributed by atoms with E-state index in [9.17, 15) is 0 Å². The summed E-state index contributed by atoms with van der Waals surface area (Å²) in [5.41, 5.74) is 16.3. The van der Waals surface area contributed by atoms with Crippen LogP contribution < -0.4 is 0 Å². The smallest absolute Gasteiger partial charge is 0.00250 e. The summed E-state index contributed by atoms with van der Waals surface area (Å²) in [7, 11) is 0. The minimum Gasteiger partial charge on any atom is -0.0795 e. The molecular weight excluding hydrogens is 553 g/mol. The summed E-state index contributed by atoms with van der Waals surface area (Å²) in [6, 6.07) is 42.9. The van der Waals surface area contributed by atoms with Gasteiger partial charge in [-0.15, -0.1) is 0 Å². The van der Waals surface area contributed by atoms with E-state index in [-0.39, 0.29) is 5.41 Å². The van der Waals surface area contributed by atoms with E-state index in [0.717, 1.165) is 19.3 Å². The van der Waals surface area contributed by atoms with Gasteiger partial charge in [-0.1, -0.05) is 135 Å². The third kappa shape index (κ3) is 4.67. The molecule has 224 valence electrons. The lowest BCUT2D eigenvalue weighted by Gasteiger charge is -2.39. The van der Waals surface area contributed by atoms with E-state index in [2.05, 4.69) is 161 Å². The van der Waals surface area contributed by atoms with Gasteiger partial charge in [0.2, 0.25) is 0 Å². The van der Waals surface area contributed by atoms with Crippen molar-refractivity contribution in [1.82, 2.24) is 0 Å². The average molecular weight is 593 g/mol. The second-order valence-corrected chi connectivity index (χ2v) is 13.6. The average Bonchev–Trinajstić information content (AvgIpc) is 3.30. The minimum absolute atomic E-state index is 0.0528. The standard InChI is InChI=1S/C46H40/c1-5-46(4)29-37-26-33(16-13-21-38(37)44-41-19-11-9-17-39(41)40-18-10-12-20-42(40)45(44)46)35-24-30(2)25-36(27-35)34-23-22-31(3)43(28-34)32-14-7-6-8-15-32/h6-20,22-28H,5,21,29H2,1-4H3. The van der Waals surface area contributed by atoms with Gasteiger partial charge in [-0.3, -0.25) is 0 Å². The molecule has 0 bridgehead atoms. The zero-order valence-electron chi connectivity index (χ0n) is 27.3. The quantitative estimate of drug-likeness (QED) is 0.179. The van der Waals surface area contributed by atoms with Crippen molar-refractivity contribution in [1.29, 1.82) is 0 Å². The number of hydrogen-bond acceptors (Lipinski definition) is 0. The Bertz CT molecular complexity index is 2260. The molecule has 0 heterocycles. The van der Waals surface area contributed by atoms with Crippen molar-refractivity contribution >= 4 is 32.7 Å². The third-order valence-electron chi connectivity index (χ3n) is 10.6. The second kappa shape index (κ2) is 11.1. The number of allylic oxidation sites excluding steroid dienone is 6. The number of fused-ring (bicyclic) bond motifs is 7. The van der Waals surface area contributed by atoms with E-state index in [4.69, 9.17) is 0 Å². The van der Waals surface area contributed by atoms with Crippen molar-refractivity contribution in [3.63, 3.8) is 0 Å². The molecule has 0 heteroatoms. The van der Waals surface area contributed by atoms with Crippen LogP contribution in [-0.4, -0.2) is 0 Å². The normalized spacial score (nSPS) is 17.5. The zero-order chi connectivity index (χ0) is 31.4. The van der Waals surface area contributed by atoms with Gasteiger partial charge in [-0.2, -0.15) is 0 Å². The first kappa shape index (κ1) is 28.5. The van der Waals surface area contributed by atoms with Crippen LogP contribution in [0.3, 0.4) is 0 Å². The Morgan fingerprint density at radius 3 is 2.07 bits per heavy atom. The Hall–Kier alpha value is -4.94. The van der Waals surface area contributed by atoms with Gasteiger partial charge in [0.1, 0.15) is 0 Å². The number of rotatable bonds is 4. The summed E-state index contributed by atoms with van der Waals surface area (Å²) in [4.78, 5) is 0. The molecule has 0 N–H and O–H groups in total. The summed E-state index contributed by atoms with van der Waals surface area (Å²) in [6.07, 6.45) is 10.4. The van der Waals surface area contributed by atoms with Gasteiger partial charge in [0, 0.05) is 0 Å². The van der Waals surface area contributed by atoms with E-state index < -0.39 is 0 Å². The maximum absolute atomic E-state index is 2.52. The zero-order valence-corrected chi connectivity index (χ0v) is 27.3. The fourth-order valence-electron chi connectivity index (χ4n) is 8.10. The molecular formula is C46H40. The second-order valence-electron chi connectivity index (χ2n) is 13.6. The molecule has 6 aromatic carbocycles. The highest BCUT2D eigenvalue weighted by Gasteiger charge is 2.37. The fourth-order valence-corrected chi connectivity index (χ4v) is 8.10. The van der Waals surface area contributed by atoms with Crippen molar-refractivity contribution in [3.05, 3.63) is 167 Å². The molecule has 0 saturated heterocycles. The molecule has 0 spiro atoms. The summed E-state index contributed by atoms with van der Waals surface area (Å²) in [6.45, 7) is 9.30. The lowest BCUT2D eigenvalue weighted by atomic mass is 9.64. The molecule has 0 fully saturated rings. The van der Waals surface area contributed by atoms with Crippen molar-refractivity contribution < 1.29 is 0 Å². The number of aryl methyl sites for hydroxylation is 2. The van der Waals surface area contributed by atoms with Crippen LogP contribution in [0, 0.1) is 13.8 Å². The molecule has 0 radical (unpaired) electrons.